The van der Waals surface area contributed by atoms with E-state index < -0.39 is 51.4 Å². The number of hydrogen-bond acceptors (Lipinski definition) is 7. The number of benzene rings is 1. The third-order valence-electron chi connectivity index (χ3n) is 2.19. The van der Waals surface area contributed by atoms with E-state index in [1.807, 2.05) is 0 Å². The Labute approximate surface area is 116 Å². The largest absolute Gasteiger partial charge is 0.388 e. The Morgan fingerprint density at radius 3 is 2.52 bits per heavy atom. The van der Waals surface area contributed by atoms with Crippen LogP contribution in [0.25, 0.3) is 11.5 Å². The number of aliphatic hydroxyl groups excluding tert-OH is 1. The molecule has 0 atom stereocenters. The Morgan fingerprint density at radius 2 is 2.00 bits per heavy atom. The van der Waals surface area contributed by atoms with Crippen LogP contribution in [0.3, 0.4) is 0 Å². The van der Waals surface area contributed by atoms with Crippen LogP contribution in [0.2, 0.25) is 0 Å². The Bertz CT molecular complexity index is 790. The van der Waals surface area contributed by atoms with Gasteiger partial charge in [0, 0.05) is 0 Å². The van der Waals surface area contributed by atoms with Crippen LogP contribution < -0.4 is 4.18 Å². The molecule has 0 unspecified atom stereocenters. The predicted octanol–water partition coefficient (Wildman–Crippen LogP) is 0.985. The van der Waals surface area contributed by atoms with Crippen molar-refractivity contribution < 1.29 is 35.4 Å². The molecule has 21 heavy (non-hydrogen) atoms. The average molecular weight is 324 g/mol. The van der Waals surface area contributed by atoms with Crippen LogP contribution in [0.5, 0.6) is 5.75 Å². The van der Waals surface area contributed by atoms with E-state index in [1.54, 1.807) is 0 Å². The molecule has 1 N–H and O–H groups in total. The first-order valence-corrected chi connectivity index (χ1v) is 7.05. The van der Waals surface area contributed by atoms with Crippen LogP contribution in [0.1, 0.15) is 5.82 Å². The zero-order valence-corrected chi connectivity index (χ0v) is 11.1. The van der Waals surface area contributed by atoms with Crippen LogP contribution >= 0.6 is 0 Å². The summed E-state index contributed by atoms with van der Waals surface area (Å²) in [7, 11) is -4.29. The summed E-state index contributed by atoms with van der Waals surface area (Å²) in [6, 6.07) is 0.397. The van der Waals surface area contributed by atoms with E-state index in [4.69, 9.17) is 5.11 Å². The highest BCUT2D eigenvalue weighted by Crippen LogP contribution is 2.33. The van der Waals surface area contributed by atoms with Crippen LogP contribution in [0, 0.1) is 17.5 Å². The van der Waals surface area contributed by atoms with Crippen LogP contribution in [0.15, 0.2) is 10.6 Å². The molecule has 1 aromatic carbocycles. The molecule has 0 aliphatic carbocycles. The van der Waals surface area contributed by atoms with Crippen molar-refractivity contribution in [3.63, 3.8) is 0 Å². The van der Waals surface area contributed by atoms with E-state index in [1.165, 1.54) is 0 Å². The fourth-order valence-corrected chi connectivity index (χ4v) is 1.84. The van der Waals surface area contributed by atoms with E-state index in [2.05, 4.69) is 18.8 Å². The average Bonchev–Trinajstić information content (AvgIpc) is 2.86. The Morgan fingerprint density at radius 1 is 1.33 bits per heavy atom. The summed E-state index contributed by atoms with van der Waals surface area (Å²) in [5, 5.41) is 12.0. The maximum absolute atomic E-state index is 14.1. The lowest BCUT2D eigenvalue weighted by Crippen LogP contribution is -2.10. The van der Waals surface area contributed by atoms with Crippen molar-refractivity contribution in [2.24, 2.45) is 0 Å². The van der Waals surface area contributed by atoms with E-state index in [0.29, 0.717) is 12.3 Å². The van der Waals surface area contributed by atoms with Crippen molar-refractivity contribution >= 4 is 10.1 Å². The molecule has 2 aromatic rings. The maximum atomic E-state index is 14.1. The molecule has 0 saturated carbocycles. The summed E-state index contributed by atoms with van der Waals surface area (Å²) in [4.78, 5) is 3.51. The van der Waals surface area contributed by atoms with Gasteiger partial charge in [0.25, 0.3) is 5.89 Å². The molecule has 0 aliphatic heterocycles. The van der Waals surface area contributed by atoms with Gasteiger partial charge in [-0.25, -0.2) is 8.78 Å². The van der Waals surface area contributed by atoms with Gasteiger partial charge in [-0.05, 0) is 6.07 Å². The molecule has 1 aromatic heterocycles. The molecule has 0 fully saturated rings. The van der Waals surface area contributed by atoms with E-state index in [-0.39, 0.29) is 5.82 Å². The van der Waals surface area contributed by atoms with Crippen LogP contribution in [0.4, 0.5) is 13.2 Å². The molecular weight excluding hydrogens is 317 g/mol. The summed E-state index contributed by atoms with van der Waals surface area (Å²) in [5.74, 6) is -7.17. The van der Waals surface area contributed by atoms with Gasteiger partial charge in [-0.1, -0.05) is 5.16 Å². The van der Waals surface area contributed by atoms with Gasteiger partial charge < -0.3 is 13.8 Å². The summed E-state index contributed by atoms with van der Waals surface area (Å²) < 4.78 is 71.5. The molecule has 0 spiro atoms. The minimum absolute atomic E-state index is 0.222. The molecule has 1 heterocycles. The van der Waals surface area contributed by atoms with E-state index in [9.17, 15) is 21.6 Å². The summed E-state index contributed by atoms with van der Waals surface area (Å²) in [6.07, 6.45) is 0.535. The van der Waals surface area contributed by atoms with Gasteiger partial charge in [-0.15, -0.1) is 0 Å². The highest BCUT2D eigenvalue weighted by Gasteiger charge is 2.26. The molecule has 0 saturated heterocycles. The Balaban J connectivity index is 2.63. The van der Waals surface area contributed by atoms with Crippen molar-refractivity contribution in [2.75, 3.05) is 6.26 Å². The fourth-order valence-electron chi connectivity index (χ4n) is 1.39. The molecule has 7 nitrogen and oxygen atoms in total. The summed E-state index contributed by atoms with van der Waals surface area (Å²) in [5.41, 5.74) is -0.709. The standard InChI is InChI=1S/C10H7F3N2O5S/c1-21(17,18)20-9-7(12)4(2-5(11)8(9)13)10-14-6(3-16)15-19-10/h2,16H,3H2,1H3. The number of aliphatic hydroxyl groups is 1. The molecular formula is C10H7F3N2O5S. The van der Waals surface area contributed by atoms with Gasteiger partial charge in [-0.3, -0.25) is 0 Å². The van der Waals surface area contributed by atoms with Crippen LogP contribution in [-0.4, -0.2) is 29.9 Å². The molecule has 0 amide bonds. The second kappa shape index (κ2) is 5.33. The number of rotatable bonds is 4. The van der Waals surface area contributed by atoms with E-state index in [0.717, 1.165) is 0 Å². The highest BCUT2D eigenvalue weighted by molar-refractivity contribution is 7.86. The van der Waals surface area contributed by atoms with Gasteiger partial charge >= 0.3 is 10.1 Å². The van der Waals surface area contributed by atoms with Gasteiger partial charge in [0.1, 0.15) is 6.61 Å². The second-order valence-corrected chi connectivity index (χ2v) is 5.40. The Hall–Kier alpha value is -2.14. The molecule has 114 valence electrons. The minimum Gasteiger partial charge on any atom is -0.388 e. The molecule has 0 bridgehead atoms. The first kappa shape index (κ1) is 15.3. The monoisotopic (exact) mass is 324 g/mol. The third kappa shape index (κ3) is 3.13. The lowest BCUT2D eigenvalue weighted by atomic mass is 10.2. The lowest BCUT2D eigenvalue weighted by molar-refractivity contribution is 0.264. The van der Waals surface area contributed by atoms with Gasteiger partial charge in [0.05, 0.1) is 11.8 Å². The number of halogens is 3. The predicted molar refractivity (Wildman–Crippen MR) is 61.0 cm³/mol. The molecule has 11 heteroatoms. The third-order valence-corrected chi connectivity index (χ3v) is 2.66. The second-order valence-electron chi connectivity index (χ2n) is 3.82. The molecule has 0 radical (unpaired) electrons. The first-order chi connectivity index (χ1) is 9.73. The van der Waals surface area contributed by atoms with Crippen molar-refractivity contribution in [3.05, 3.63) is 29.3 Å². The van der Waals surface area contributed by atoms with Crippen molar-refractivity contribution in [3.8, 4) is 17.2 Å². The number of nitrogens with zero attached hydrogens (tertiary/aromatic N) is 2. The molecule has 2 rings (SSSR count). The molecule has 0 aliphatic rings. The zero-order chi connectivity index (χ0) is 15.8. The SMILES string of the molecule is CS(=O)(=O)Oc1c(F)c(F)cc(-c2nc(CO)no2)c1F. The fraction of sp³-hybridized carbons (Fsp3) is 0.200. The summed E-state index contributed by atoms with van der Waals surface area (Å²) in [6.45, 7) is -0.624. The number of aromatic nitrogens is 2. The summed E-state index contributed by atoms with van der Waals surface area (Å²) >= 11 is 0. The van der Waals surface area contributed by atoms with Crippen LogP contribution in [-0.2, 0) is 16.7 Å². The van der Waals surface area contributed by atoms with Crippen molar-refractivity contribution in [2.45, 2.75) is 6.61 Å². The Kier molecular flexibility index (Phi) is 3.87. The van der Waals surface area contributed by atoms with E-state index >= 15 is 0 Å². The van der Waals surface area contributed by atoms with Gasteiger partial charge in [0.15, 0.2) is 17.5 Å². The van der Waals surface area contributed by atoms with Gasteiger partial charge in [-0.2, -0.15) is 17.8 Å². The normalized spacial score (nSPS) is 11.7. The highest BCUT2D eigenvalue weighted by atomic mass is 32.2. The number of hydrogen-bond donors (Lipinski definition) is 1. The zero-order valence-electron chi connectivity index (χ0n) is 10.3. The topological polar surface area (TPSA) is 103 Å². The lowest BCUT2D eigenvalue weighted by Gasteiger charge is -2.08. The smallest absolute Gasteiger partial charge is 0.306 e. The minimum atomic E-state index is -4.29. The van der Waals surface area contributed by atoms with Gasteiger partial charge in [0.2, 0.25) is 11.6 Å². The van der Waals surface area contributed by atoms with Crippen molar-refractivity contribution in [1.29, 1.82) is 0 Å². The first-order valence-electron chi connectivity index (χ1n) is 5.23. The quantitative estimate of drug-likeness (QED) is 0.660. The maximum Gasteiger partial charge on any atom is 0.306 e. The van der Waals surface area contributed by atoms with Crippen molar-refractivity contribution in [1.82, 2.24) is 10.1 Å².